The van der Waals surface area contributed by atoms with Crippen LogP contribution >= 0.6 is 0 Å². The fraction of sp³-hybridized carbons (Fsp3) is 0.278. The Bertz CT molecular complexity index is 772. The van der Waals surface area contributed by atoms with Crippen LogP contribution in [0.4, 0.5) is 0 Å². The Balaban J connectivity index is 2.16. The van der Waals surface area contributed by atoms with Crippen LogP contribution in [0.1, 0.15) is 28.6 Å². The van der Waals surface area contributed by atoms with Gasteiger partial charge in [-0.15, -0.1) is 5.10 Å². The largest absolute Gasteiger partial charge is 0.296 e. The van der Waals surface area contributed by atoms with E-state index < -0.39 is 0 Å². The second kappa shape index (κ2) is 6.30. The van der Waals surface area contributed by atoms with Crippen molar-refractivity contribution in [2.45, 2.75) is 19.9 Å². The SMILES string of the molecule is Cc1cccc(C)c1-n1nnnc1C(c1ccccc1)N(C)C. The summed E-state index contributed by atoms with van der Waals surface area (Å²) in [7, 11) is 4.09. The molecular formula is C18H21N5. The molecule has 5 heteroatoms. The molecule has 3 rings (SSSR count). The maximum Gasteiger partial charge on any atom is 0.178 e. The summed E-state index contributed by atoms with van der Waals surface area (Å²) in [5.74, 6) is 0.818. The van der Waals surface area contributed by atoms with Crippen molar-refractivity contribution < 1.29 is 0 Å². The van der Waals surface area contributed by atoms with E-state index in [0.717, 1.165) is 22.6 Å². The summed E-state index contributed by atoms with van der Waals surface area (Å²) in [6, 6.07) is 16.5. The number of nitrogens with zero attached hydrogens (tertiary/aromatic N) is 5. The summed E-state index contributed by atoms with van der Waals surface area (Å²) in [5.41, 5.74) is 4.53. The quantitative estimate of drug-likeness (QED) is 0.743. The van der Waals surface area contributed by atoms with Crippen molar-refractivity contribution in [2.24, 2.45) is 0 Å². The predicted octanol–water partition coefficient (Wildman–Crippen LogP) is 2.93. The molecule has 1 aromatic heterocycles. The number of aromatic nitrogens is 4. The molecule has 1 atom stereocenters. The number of hydrogen-bond donors (Lipinski definition) is 0. The van der Waals surface area contributed by atoms with Gasteiger partial charge in [0.05, 0.1) is 11.7 Å². The summed E-state index contributed by atoms with van der Waals surface area (Å²) in [4.78, 5) is 2.13. The number of benzene rings is 2. The van der Waals surface area contributed by atoms with E-state index in [4.69, 9.17) is 0 Å². The monoisotopic (exact) mass is 307 g/mol. The van der Waals surface area contributed by atoms with Gasteiger partial charge in [-0.1, -0.05) is 48.5 Å². The predicted molar refractivity (Wildman–Crippen MR) is 90.6 cm³/mol. The molecule has 1 heterocycles. The third kappa shape index (κ3) is 2.87. The Kier molecular flexibility index (Phi) is 4.21. The lowest BCUT2D eigenvalue weighted by atomic mass is 10.0. The first-order valence-electron chi connectivity index (χ1n) is 7.66. The Morgan fingerprint density at radius 3 is 2.17 bits per heavy atom. The maximum atomic E-state index is 4.33. The van der Waals surface area contributed by atoms with Crippen molar-refractivity contribution in [3.05, 3.63) is 71.0 Å². The summed E-state index contributed by atoms with van der Waals surface area (Å²) < 4.78 is 1.86. The van der Waals surface area contributed by atoms with Gasteiger partial charge in [-0.05, 0) is 55.1 Å². The van der Waals surface area contributed by atoms with E-state index in [9.17, 15) is 0 Å². The van der Waals surface area contributed by atoms with Gasteiger partial charge < -0.3 is 0 Å². The van der Waals surface area contributed by atoms with Crippen molar-refractivity contribution in [3.8, 4) is 5.69 Å². The fourth-order valence-electron chi connectivity index (χ4n) is 2.98. The highest BCUT2D eigenvalue weighted by molar-refractivity contribution is 5.47. The van der Waals surface area contributed by atoms with Crippen LogP contribution in [0.3, 0.4) is 0 Å². The number of aryl methyl sites for hydroxylation is 2. The average Bonchev–Trinajstić information content (AvgIpc) is 2.97. The molecule has 118 valence electrons. The Hall–Kier alpha value is -2.53. The molecule has 0 amide bonds. The van der Waals surface area contributed by atoms with Gasteiger partial charge in [0.15, 0.2) is 5.82 Å². The molecule has 0 saturated heterocycles. The highest BCUT2D eigenvalue weighted by Crippen LogP contribution is 2.28. The molecule has 0 radical (unpaired) electrons. The van der Waals surface area contributed by atoms with E-state index in [1.807, 2.05) is 37.0 Å². The molecule has 0 fully saturated rings. The van der Waals surface area contributed by atoms with Gasteiger partial charge in [0.2, 0.25) is 0 Å². The Labute approximate surface area is 136 Å². The van der Waals surface area contributed by atoms with E-state index in [1.54, 1.807) is 0 Å². The van der Waals surface area contributed by atoms with Crippen LogP contribution in [0, 0.1) is 13.8 Å². The van der Waals surface area contributed by atoms with Crippen LogP contribution in [-0.2, 0) is 0 Å². The second-order valence-electron chi connectivity index (χ2n) is 5.97. The maximum absolute atomic E-state index is 4.33. The van der Waals surface area contributed by atoms with Gasteiger partial charge in [-0.25, -0.2) is 0 Å². The third-order valence-corrected chi connectivity index (χ3v) is 4.02. The normalized spacial score (nSPS) is 12.6. The van der Waals surface area contributed by atoms with Crippen molar-refractivity contribution in [1.82, 2.24) is 25.1 Å². The molecule has 0 spiro atoms. The minimum atomic E-state index is -0.00907. The Morgan fingerprint density at radius 2 is 1.57 bits per heavy atom. The smallest absolute Gasteiger partial charge is 0.178 e. The van der Waals surface area contributed by atoms with Crippen LogP contribution in [0.5, 0.6) is 0 Å². The topological polar surface area (TPSA) is 46.8 Å². The summed E-state index contributed by atoms with van der Waals surface area (Å²) >= 11 is 0. The lowest BCUT2D eigenvalue weighted by molar-refractivity contribution is 0.325. The minimum Gasteiger partial charge on any atom is -0.296 e. The number of para-hydroxylation sites is 1. The Morgan fingerprint density at radius 1 is 0.913 bits per heavy atom. The molecule has 0 aliphatic rings. The first-order chi connectivity index (χ1) is 11.1. The van der Waals surface area contributed by atoms with Crippen LogP contribution in [-0.4, -0.2) is 39.2 Å². The zero-order valence-electron chi connectivity index (χ0n) is 13.9. The summed E-state index contributed by atoms with van der Waals surface area (Å²) in [6.07, 6.45) is 0. The van der Waals surface area contributed by atoms with Crippen LogP contribution in [0.25, 0.3) is 5.69 Å². The molecule has 5 nitrogen and oxygen atoms in total. The summed E-state index contributed by atoms with van der Waals surface area (Å²) in [6.45, 7) is 4.17. The first-order valence-corrected chi connectivity index (χ1v) is 7.66. The number of rotatable bonds is 4. The molecular weight excluding hydrogens is 286 g/mol. The molecule has 1 unspecified atom stereocenters. The highest BCUT2D eigenvalue weighted by atomic mass is 15.6. The lowest BCUT2D eigenvalue weighted by Gasteiger charge is -2.24. The molecule has 0 aliphatic carbocycles. The zero-order chi connectivity index (χ0) is 16.4. The van der Waals surface area contributed by atoms with Gasteiger partial charge in [0.1, 0.15) is 0 Å². The minimum absolute atomic E-state index is 0.00907. The van der Waals surface area contributed by atoms with Gasteiger partial charge in [-0.3, -0.25) is 4.90 Å². The van der Waals surface area contributed by atoms with E-state index in [-0.39, 0.29) is 6.04 Å². The van der Waals surface area contributed by atoms with Crippen LogP contribution in [0.15, 0.2) is 48.5 Å². The third-order valence-electron chi connectivity index (χ3n) is 4.02. The molecule has 0 aliphatic heterocycles. The molecule has 0 saturated carbocycles. The first kappa shape index (κ1) is 15.4. The van der Waals surface area contributed by atoms with Crippen LogP contribution in [0.2, 0.25) is 0 Å². The zero-order valence-corrected chi connectivity index (χ0v) is 13.9. The number of hydrogen-bond acceptors (Lipinski definition) is 4. The van der Waals surface area contributed by atoms with Gasteiger partial charge in [0, 0.05) is 0 Å². The van der Waals surface area contributed by atoms with Crippen LogP contribution < -0.4 is 0 Å². The molecule has 23 heavy (non-hydrogen) atoms. The van der Waals surface area contributed by atoms with Crippen molar-refractivity contribution in [1.29, 1.82) is 0 Å². The standard InChI is InChI=1S/C18H21N5/c1-13-9-8-10-14(2)16(13)23-18(19-20-21-23)17(22(3)4)15-11-6-5-7-12-15/h5-12,17H,1-4H3. The van der Waals surface area contributed by atoms with E-state index >= 15 is 0 Å². The van der Waals surface area contributed by atoms with Gasteiger partial charge >= 0.3 is 0 Å². The van der Waals surface area contributed by atoms with Crippen molar-refractivity contribution in [2.75, 3.05) is 14.1 Å². The van der Waals surface area contributed by atoms with Gasteiger partial charge in [-0.2, -0.15) is 4.68 Å². The van der Waals surface area contributed by atoms with Crippen molar-refractivity contribution in [3.63, 3.8) is 0 Å². The molecule has 0 N–H and O–H groups in total. The van der Waals surface area contributed by atoms with Crippen molar-refractivity contribution >= 4 is 0 Å². The molecule has 2 aromatic carbocycles. The lowest BCUT2D eigenvalue weighted by Crippen LogP contribution is -2.25. The van der Waals surface area contributed by atoms with E-state index in [0.29, 0.717) is 0 Å². The fourth-order valence-corrected chi connectivity index (χ4v) is 2.98. The van der Waals surface area contributed by atoms with E-state index in [1.165, 1.54) is 5.56 Å². The summed E-state index contributed by atoms with van der Waals surface area (Å²) in [5, 5.41) is 12.5. The van der Waals surface area contributed by atoms with Gasteiger partial charge in [0.25, 0.3) is 0 Å². The second-order valence-corrected chi connectivity index (χ2v) is 5.97. The molecule has 0 bridgehead atoms. The number of tetrazole rings is 1. The van der Waals surface area contributed by atoms with E-state index in [2.05, 4.69) is 64.6 Å². The average molecular weight is 307 g/mol. The molecule has 3 aromatic rings. The highest BCUT2D eigenvalue weighted by Gasteiger charge is 2.25.